The average Bonchev–Trinajstić information content (AvgIpc) is 2.36. The molecule has 0 aliphatic heterocycles. The largest absolute Gasteiger partial charge is 0.387 e. The van der Waals surface area contributed by atoms with Crippen LogP contribution in [0.15, 0.2) is 18.3 Å². The number of aliphatic hydroxyl groups is 1. The van der Waals surface area contributed by atoms with Crippen molar-refractivity contribution < 1.29 is 5.11 Å². The molecule has 3 heteroatoms. The summed E-state index contributed by atoms with van der Waals surface area (Å²) in [5.41, 5.74) is 1.85. The second-order valence-corrected chi connectivity index (χ2v) is 4.23. The van der Waals surface area contributed by atoms with Crippen LogP contribution in [0, 0.1) is 0 Å². The van der Waals surface area contributed by atoms with E-state index in [0.717, 1.165) is 17.8 Å². The van der Waals surface area contributed by atoms with Crippen LogP contribution in [0.3, 0.4) is 0 Å². The van der Waals surface area contributed by atoms with Crippen LogP contribution in [0.5, 0.6) is 0 Å². The lowest BCUT2D eigenvalue weighted by atomic mass is 10.1. The minimum absolute atomic E-state index is 0.442. The van der Waals surface area contributed by atoms with Crippen LogP contribution in [-0.2, 0) is 0 Å². The van der Waals surface area contributed by atoms with E-state index >= 15 is 0 Å². The van der Waals surface area contributed by atoms with Gasteiger partial charge in [0.25, 0.3) is 0 Å². The highest BCUT2D eigenvalue weighted by Crippen LogP contribution is 2.19. The smallest absolute Gasteiger partial charge is 0.0957 e. The summed E-state index contributed by atoms with van der Waals surface area (Å²) in [5, 5.41) is 9.64. The molecule has 2 atom stereocenters. The lowest BCUT2D eigenvalue weighted by molar-refractivity contribution is 0.169. The van der Waals surface area contributed by atoms with Gasteiger partial charge >= 0.3 is 0 Å². The van der Waals surface area contributed by atoms with Crippen molar-refractivity contribution in [1.29, 1.82) is 0 Å². The van der Waals surface area contributed by atoms with Gasteiger partial charge in [-0.3, -0.25) is 4.98 Å². The van der Waals surface area contributed by atoms with Gasteiger partial charge in [0, 0.05) is 13.1 Å². The van der Waals surface area contributed by atoms with Crippen LogP contribution in [0.1, 0.15) is 45.4 Å². The molecule has 90 valence electrons. The summed E-state index contributed by atoms with van der Waals surface area (Å²) in [5.74, 6) is 0. The molecule has 3 nitrogen and oxygen atoms in total. The van der Waals surface area contributed by atoms with Gasteiger partial charge in [-0.15, -0.1) is 0 Å². The first kappa shape index (κ1) is 13.0. The number of anilines is 1. The van der Waals surface area contributed by atoms with E-state index in [1.807, 2.05) is 25.3 Å². The van der Waals surface area contributed by atoms with Crippen molar-refractivity contribution in [1.82, 2.24) is 4.98 Å². The quantitative estimate of drug-likeness (QED) is 0.832. The van der Waals surface area contributed by atoms with Crippen molar-refractivity contribution in [2.24, 2.45) is 0 Å². The summed E-state index contributed by atoms with van der Waals surface area (Å²) in [7, 11) is 2.07. The summed E-state index contributed by atoms with van der Waals surface area (Å²) >= 11 is 0. The predicted octanol–water partition coefficient (Wildman–Crippen LogP) is 2.76. The Morgan fingerprint density at radius 3 is 2.44 bits per heavy atom. The molecule has 1 heterocycles. The van der Waals surface area contributed by atoms with Crippen LogP contribution in [0.4, 0.5) is 5.69 Å². The second kappa shape index (κ2) is 5.85. The maximum atomic E-state index is 9.64. The number of nitrogens with zero attached hydrogens (tertiary/aromatic N) is 2. The zero-order valence-electron chi connectivity index (χ0n) is 10.6. The fourth-order valence-corrected chi connectivity index (χ4v) is 1.54. The van der Waals surface area contributed by atoms with Crippen molar-refractivity contribution in [2.45, 2.75) is 45.8 Å². The SMILES string of the molecule is CCC(C)N(C)c1ccc([C@@H](O)CC)nc1. The van der Waals surface area contributed by atoms with Gasteiger partial charge in [-0.1, -0.05) is 13.8 Å². The molecule has 1 aromatic heterocycles. The second-order valence-electron chi connectivity index (χ2n) is 4.23. The van der Waals surface area contributed by atoms with Gasteiger partial charge in [0.05, 0.1) is 23.7 Å². The third-order valence-corrected chi connectivity index (χ3v) is 3.16. The lowest BCUT2D eigenvalue weighted by Gasteiger charge is -2.25. The molecule has 0 aliphatic carbocycles. The van der Waals surface area contributed by atoms with Gasteiger partial charge in [0.2, 0.25) is 0 Å². The molecule has 1 aromatic rings. The summed E-state index contributed by atoms with van der Waals surface area (Å²) in [6.07, 6.45) is 3.20. The minimum Gasteiger partial charge on any atom is -0.387 e. The van der Waals surface area contributed by atoms with Gasteiger partial charge in [-0.05, 0) is 31.9 Å². The molecule has 0 saturated carbocycles. The van der Waals surface area contributed by atoms with Crippen molar-refractivity contribution >= 4 is 5.69 Å². The van der Waals surface area contributed by atoms with E-state index in [4.69, 9.17) is 0 Å². The third-order valence-electron chi connectivity index (χ3n) is 3.16. The Morgan fingerprint density at radius 1 is 1.31 bits per heavy atom. The molecular weight excluding hydrogens is 200 g/mol. The summed E-state index contributed by atoms with van der Waals surface area (Å²) in [6, 6.07) is 4.43. The Hall–Kier alpha value is -1.09. The molecule has 1 rings (SSSR count). The normalized spacial score (nSPS) is 14.6. The van der Waals surface area contributed by atoms with E-state index in [-0.39, 0.29) is 0 Å². The standard InChI is InChI=1S/C13H22N2O/c1-5-10(3)15(4)11-7-8-12(14-9-11)13(16)6-2/h7-10,13,16H,5-6H2,1-4H3/t10?,13-/m0/s1. The van der Waals surface area contributed by atoms with E-state index < -0.39 is 6.10 Å². The van der Waals surface area contributed by atoms with E-state index in [1.165, 1.54) is 0 Å². The number of pyridine rings is 1. The molecule has 1 N–H and O–H groups in total. The molecule has 16 heavy (non-hydrogen) atoms. The number of hydrogen-bond acceptors (Lipinski definition) is 3. The van der Waals surface area contributed by atoms with Gasteiger partial charge in [0.15, 0.2) is 0 Å². The van der Waals surface area contributed by atoms with E-state index in [0.29, 0.717) is 12.5 Å². The van der Waals surface area contributed by atoms with Crippen LogP contribution in [0.25, 0.3) is 0 Å². The van der Waals surface area contributed by atoms with Crippen molar-refractivity contribution in [3.63, 3.8) is 0 Å². The van der Waals surface area contributed by atoms with Crippen LogP contribution in [-0.4, -0.2) is 23.2 Å². The number of aromatic nitrogens is 1. The number of hydrogen-bond donors (Lipinski definition) is 1. The molecule has 0 bridgehead atoms. The molecule has 0 spiro atoms. The Bertz CT molecular complexity index is 310. The van der Waals surface area contributed by atoms with E-state index in [1.54, 1.807) is 0 Å². The van der Waals surface area contributed by atoms with E-state index in [2.05, 4.69) is 30.8 Å². The molecule has 0 fully saturated rings. The van der Waals surface area contributed by atoms with Crippen LogP contribution >= 0.6 is 0 Å². The molecule has 0 radical (unpaired) electrons. The summed E-state index contributed by atoms with van der Waals surface area (Å²) in [6.45, 7) is 6.31. The fourth-order valence-electron chi connectivity index (χ4n) is 1.54. The molecular formula is C13H22N2O. The van der Waals surface area contributed by atoms with Crippen molar-refractivity contribution in [2.75, 3.05) is 11.9 Å². The molecule has 0 amide bonds. The summed E-state index contributed by atoms with van der Waals surface area (Å²) in [4.78, 5) is 6.50. The van der Waals surface area contributed by atoms with Gasteiger partial charge in [0.1, 0.15) is 0 Å². The Morgan fingerprint density at radius 2 is 2.00 bits per heavy atom. The van der Waals surface area contributed by atoms with Crippen LogP contribution < -0.4 is 4.90 Å². The Balaban J connectivity index is 2.78. The molecule has 1 unspecified atom stereocenters. The topological polar surface area (TPSA) is 36.4 Å². The zero-order chi connectivity index (χ0) is 12.1. The molecule has 0 aliphatic rings. The highest BCUT2D eigenvalue weighted by atomic mass is 16.3. The Labute approximate surface area is 98.1 Å². The van der Waals surface area contributed by atoms with Crippen molar-refractivity contribution in [3.8, 4) is 0 Å². The number of aliphatic hydroxyl groups excluding tert-OH is 1. The third kappa shape index (κ3) is 2.95. The first-order chi connectivity index (χ1) is 7.60. The first-order valence-corrected chi connectivity index (χ1v) is 5.97. The highest BCUT2D eigenvalue weighted by Gasteiger charge is 2.10. The first-order valence-electron chi connectivity index (χ1n) is 5.97. The summed E-state index contributed by atoms with van der Waals surface area (Å²) < 4.78 is 0. The van der Waals surface area contributed by atoms with E-state index in [9.17, 15) is 5.11 Å². The number of rotatable bonds is 5. The van der Waals surface area contributed by atoms with Gasteiger partial charge in [-0.2, -0.15) is 0 Å². The van der Waals surface area contributed by atoms with Gasteiger partial charge < -0.3 is 10.0 Å². The van der Waals surface area contributed by atoms with Crippen molar-refractivity contribution in [3.05, 3.63) is 24.0 Å². The van der Waals surface area contributed by atoms with Crippen LogP contribution in [0.2, 0.25) is 0 Å². The Kier molecular flexibility index (Phi) is 4.74. The minimum atomic E-state index is -0.442. The average molecular weight is 222 g/mol. The predicted molar refractivity (Wildman–Crippen MR) is 67.6 cm³/mol. The molecule has 0 saturated heterocycles. The highest BCUT2D eigenvalue weighted by molar-refractivity contribution is 5.44. The molecule has 0 aromatic carbocycles. The maximum Gasteiger partial charge on any atom is 0.0957 e. The fraction of sp³-hybridized carbons (Fsp3) is 0.615. The monoisotopic (exact) mass is 222 g/mol. The maximum absolute atomic E-state index is 9.64. The lowest BCUT2D eigenvalue weighted by Crippen LogP contribution is -2.28. The van der Waals surface area contributed by atoms with Gasteiger partial charge in [-0.25, -0.2) is 0 Å². The zero-order valence-corrected chi connectivity index (χ0v) is 10.6.